The lowest BCUT2D eigenvalue weighted by Crippen LogP contribution is -2.53. The van der Waals surface area contributed by atoms with Crippen LogP contribution in [0.15, 0.2) is 12.2 Å². The molecule has 0 aromatic carbocycles. The zero-order chi connectivity index (χ0) is 16.6. The SMILES string of the molecule is CCCC=CC1CC1(NC(C)=O)C(=O)NS(=O)(=O)C1(C)CC1. The van der Waals surface area contributed by atoms with Crippen molar-refractivity contribution in [2.45, 2.75) is 63.2 Å². The van der Waals surface area contributed by atoms with Crippen molar-refractivity contribution in [3.63, 3.8) is 0 Å². The van der Waals surface area contributed by atoms with Crippen LogP contribution in [0, 0.1) is 5.92 Å². The van der Waals surface area contributed by atoms with Crippen molar-refractivity contribution >= 4 is 21.8 Å². The van der Waals surface area contributed by atoms with Gasteiger partial charge in [-0.1, -0.05) is 25.5 Å². The number of rotatable bonds is 7. The number of sulfonamides is 1. The fourth-order valence-electron chi connectivity index (χ4n) is 2.50. The Balaban J connectivity index is 2.10. The number of carbonyl (C=O) groups is 2. The molecular weight excluding hydrogens is 304 g/mol. The molecule has 124 valence electrons. The van der Waals surface area contributed by atoms with Gasteiger partial charge in [-0.15, -0.1) is 0 Å². The largest absolute Gasteiger partial charge is 0.341 e. The third-order valence-electron chi connectivity index (χ3n) is 4.47. The molecule has 2 N–H and O–H groups in total. The molecule has 2 saturated carbocycles. The summed E-state index contributed by atoms with van der Waals surface area (Å²) in [6, 6.07) is 0. The van der Waals surface area contributed by atoms with Crippen LogP contribution in [-0.2, 0) is 19.6 Å². The van der Waals surface area contributed by atoms with Gasteiger partial charge >= 0.3 is 0 Å². The number of nitrogens with one attached hydrogen (secondary N) is 2. The molecule has 2 aliphatic carbocycles. The Bertz CT molecular complexity index is 607. The standard InChI is InChI=1S/C15H24N2O4S/c1-4-5-6-7-12-10-15(12,16-11(2)18)13(19)17-22(20,21)14(3)8-9-14/h6-7,12H,4-5,8-10H2,1-3H3,(H,16,18)(H,17,19). The summed E-state index contributed by atoms with van der Waals surface area (Å²) < 4.78 is 25.7. The first-order valence-electron chi connectivity index (χ1n) is 7.69. The van der Waals surface area contributed by atoms with E-state index < -0.39 is 26.2 Å². The van der Waals surface area contributed by atoms with Crippen LogP contribution in [0.5, 0.6) is 0 Å². The Hall–Kier alpha value is -1.37. The van der Waals surface area contributed by atoms with Crippen molar-refractivity contribution in [3.05, 3.63) is 12.2 Å². The van der Waals surface area contributed by atoms with Gasteiger partial charge < -0.3 is 5.32 Å². The highest BCUT2D eigenvalue weighted by molar-refractivity contribution is 7.91. The molecule has 2 atom stereocenters. The number of amides is 2. The first-order chi connectivity index (χ1) is 10.2. The van der Waals surface area contributed by atoms with Gasteiger partial charge in [-0.3, -0.25) is 14.3 Å². The topological polar surface area (TPSA) is 92.3 Å². The van der Waals surface area contributed by atoms with Crippen LogP contribution in [0.25, 0.3) is 0 Å². The maximum atomic E-state index is 12.5. The normalized spacial score (nSPS) is 29.1. The summed E-state index contributed by atoms with van der Waals surface area (Å²) in [6.07, 6.45) is 7.30. The molecule has 2 unspecified atom stereocenters. The molecule has 0 aromatic rings. The molecule has 22 heavy (non-hydrogen) atoms. The third kappa shape index (κ3) is 3.19. The Morgan fingerprint density at radius 2 is 1.95 bits per heavy atom. The average molecular weight is 328 g/mol. The van der Waals surface area contributed by atoms with Crippen LogP contribution < -0.4 is 10.0 Å². The van der Waals surface area contributed by atoms with Gasteiger partial charge in [0.1, 0.15) is 5.54 Å². The molecule has 7 heteroatoms. The van der Waals surface area contributed by atoms with Gasteiger partial charge in [0.05, 0.1) is 4.75 Å². The molecule has 0 radical (unpaired) electrons. The van der Waals surface area contributed by atoms with E-state index in [1.54, 1.807) is 6.92 Å². The zero-order valence-electron chi connectivity index (χ0n) is 13.3. The van der Waals surface area contributed by atoms with Gasteiger partial charge in [0.15, 0.2) is 0 Å². The lowest BCUT2D eigenvalue weighted by Gasteiger charge is -2.19. The minimum absolute atomic E-state index is 0.148. The summed E-state index contributed by atoms with van der Waals surface area (Å²) in [7, 11) is -3.69. The molecule has 2 amide bonds. The summed E-state index contributed by atoms with van der Waals surface area (Å²) in [4.78, 5) is 23.8. The van der Waals surface area contributed by atoms with Crippen molar-refractivity contribution in [3.8, 4) is 0 Å². The third-order valence-corrected chi connectivity index (χ3v) is 6.63. The summed E-state index contributed by atoms with van der Waals surface area (Å²) in [5.41, 5.74) is -1.12. The Kier molecular flexibility index (Phi) is 4.39. The van der Waals surface area contributed by atoms with Crippen LogP contribution in [0.1, 0.15) is 52.9 Å². The Morgan fingerprint density at radius 3 is 2.45 bits per heavy atom. The molecule has 2 rings (SSSR count). The smallest absolute Gasteiger partial charge is 0.259 e. The molecule has 2 fully saturated rings. The molecule has 0 heterocycles. The predicted molar refractivity (Wildman–Crippen MR) is 83.4 cm³/mol. The maximum absolute atomic E-state index is 12.5. The van der Waals surface area contributed by atoms with E-state index in [9.17, 15) is 18.0 Å². The van der Waals surface area contributed by atoms with Gasteiger partial charge in [0, 0.05) is 12.8 Å². The molecule has 0 aromatic heterocycles. The lowest BCUT2D eigenvalue weighted by molar-refractivity contribution is -0.128. The number of hydrogen-bond donors (Lipinski definition) is 2. The lowest BCUT2D eigenvalue weighted by atomic mass is 10.1. The van der Waals surface area contributed by atoms with E-state index in [2.05, 4.69) is 10.0 Å². The van der Waals surface area contributed by atoms with E-state index in [1.807, 2.05) is 19.1 Å². The number of hydrogen-bond acceptors (Lipinski definition) is 4. The molecule has 0 saturated heterocycles. The minimum Gasteiger partial charge on any atom is -0.341 e. The summed E-state index contributed by atoms with van der Waals surface area (Å²) in [5.74, 6) is -1.11. The van der Waals surface area contributed by atoms with Crippen molar-refractivity contribution in [2.24, 2.45) is 5.92 Å². The van der Waals surface area contributed by atoms with Gasteiger partial charge in [-0.05, 0) is 32.6 Å². The molecule has 6 nitrogen and oxygen atoms in total. The highest BCUT2D eigenvalue weighted by Gasteiger charge is 2.61. The molecule has 0 bridgehead atoms. The summed E-state index contributed by atoms with van der Waals surface area (Å²) >= 11 is 0. The van der Waals surface area contributed by atoms with E-state index in [0.29, 0.717) is 19.3 Å². The highest BCUT2D eigenvalue weighted by atomic mass is 32.2. The van der Waals surface area contributed by atoms with E-state index in [4.69, 9.17) is 0 Å². The monoisotopic (exact) mass is 328 g/mol. The Morgan fingerprint density at radius 1 is 1.32 bits per heavy atom. The second kappa shape index (κ2) is 5.68. The summed E-state index contributed by atoms with van der Waals surface area (Å²) in [6.45, 7) is 5.00. The van der Waals surface area contributed by atoms with Crippen molar-refractivity contribution in [1.29, 1.82) is 0 Å². The highest BCUT2D eigenvalue weighted by Crippen LogP contribution is 2.47. The van der Waals surface area contributed by atoms with Gasteiger partial charge in [0.25, 0.3) is 5.91 Å². The molecule has 2 aliphatic rings. The second-order valence-corrected chi connectivity index (χ2v) is 8.76. The van der Waals surface area contributed by atoms with Crippen LogP contribution in [-0.4, -0.2) is 30.5 Å². The van der Waals surface area contributed by atoms with E-state index in [0.717, 1.165) is 12.8 Å². The number of unbranched alkanes of at least 4 members (excludes halogenated alkanes) is 1. The van der Waals surface area contributed by atoms with Crippen LogP contribution >= 0.6 is 0 Å². The second-order valence-electron chi connectivity index (χ2n) is 6.56. The van der Waals surface area contributed by atoms with Gasteiger partial charge in [-0.2, -0.15) is 0 Å². The maximum Gasteiger partial charge on any atom is 0.259 e. The van der Waals surface area contributed by atoms with E-state index in [-0.39, 0.29) is 11.8 Å². The fourth-order valence-corrected chi connectivity index (χ4v) is 3.82. The van der Waals surface area contributed by atoms with Crippen LogP contribution in [0.2, 0.25) is 0 Å². The zero-order valence-corrected chi connectivity index (χ0v) is 14.1. The van der Waals surface area contributed by atoms with Crippen LogP contribution in [0.4, 0.5) is 0 Å². The van der Waals surface area contributed by atoms with E-state index >= 15 is 0 Å². The summed E-state index contributed by atoms with van der Waals surface area (Å²) in [5, 5.41) is 2.63. The van der Waals surface area contributed by atoms with Crippen molar-refractivity contribution in [1.82, 2.24) is 10.0 Å². The minimum atomic E-state index is -3.69. The van der Waals surface area contributed by atoms with Gasteiger partial charge in [0.2, 0.25) is 15.9 Å². The quantitative estimate of drug-likeness (QED) is 0.688. The van der Waals surface area contributed by atoms with E-state index in [1.165, 1.54) is 6.92 Å². The van der Waals surface area contributed by atoms with Crippen LogP contribution in [0.3, 0.4) is 0 Å². The van der Waals surface area contributed by atoms with Crippen molar-refractivity contribution in [2.75, 3.05) is 0 Å². The molecule has 0 spiro atoms. The molecule has 0 aliphatic heterocycles. The Labute approximate surface area is 131 Å². The van der Waals surface area contributed by atoms with Gasteiger partial charge in [-0.25, -0.2) is 8.42 Å². The first kappa shape index (κ1) is 17.0. The van der Waals surface area contributed by atoms with Crippen molar-refractivity contribution < 1.29 is 18.0 Å². The number of carbonyl (C=O) groups excluding carboxylic acids is 2. The number of allylic oxidation sites excluding steroid dienone is 1. The predicted octanol–water partition coefficient (Wildman–Crippen LogP) is 1.24. The first-order valence-corrected chi connectivity index (χ1v) is 9.17. The molecular formula is C15H24N2O4S. The average Bonchev–Trinajstić information content (AvgIpc) is 3.28. The fraction of sp³-hybridized carbons (Fsp3) is 0.733.